The molecule has 3 nitrogen and oxygen atoms in total. The Morgan fingerprint density at radius 1 is 1.13 bits per heavy atom. The van der Waals surface area contributed by atoms with E-state index in [-0.39, 0.29) is 31.9 Å². The number of carboxylic acids is 1. The Bertz CT molecular complexity index is 755. The second-order valence-electron chi connectivity index (χ2n) is 4.53. The molecule has 0 atom stereocenters. The number of rotatable bonds is 3. The van der Waals surface area contributed by atoms with Crippen LogP contribution in [0.1, 0.15) is 11.3 Å². The number of aliphatic carboxylic acids is 1. The summed E-state index contributed by atoms with van der Waals surface area (Å²) >= 11 is 17.6. The molecule has 0 aliphatic heterocycles. The molecule has 0 aliphatic carbocycles. The lowest BCUT2D eigenvalue weighted by Crippen LogP contribution is -2.11. The van der Waals surface area contributed by atoms with Crippen molar-refractivity contribution in [2.45, 2.75) is 12.6 Å². The highest BCUT2D eigenvalue weighted by molar-refractivity contribution is 6.48. The molecule has 1 heterocycles. The van der Waals surface area contributed by atoms with E-state index in [1.54, 1.807) is 0 Å². The largest absolute Gasteiger partial charge is 0.481 e. The molecule has 2 rings (SSSR count). The van der Waals surface area contributed by atoms with Crippen molar-refractivity contribution in [3.8, 4) is 11.3 Å². The molecule has 1 N–H and O–H groups in total. The lowest BCUT2D eigenvalue weighted by molar-refractivity contribution is -0.141. The molecule has 23 heavy (non-hydrogen) atoms. The lowest BCUT2D eigenvalue weighted by atomic mass is 10.0. The van der Waals surface area contributed by atoms with Crippen LogP contribution in [-0.4, -0.2) is 16.1 Å². The summed E-state index contributed by atoms with van der Waals surface area (Å²) in [5, 5.41) is 8.99. The first-order valence-electron chi connectivity index (χ1n) is 6.03. The second-order valence-corrected chi connectivity index (χ2v) is 5.72. The molecular formula is C14H7Cl3F3NO2. The quantitative estimate of drug-likeness (QED) is 0.725. The maximum Gasteiger partial charge on any atom is 0.433 e. The fraction of sp³-hybridized carbons (Fsp3) is 0.143. The molecule has 0 aliphatic rings. The smallest absolute Gasteiger partial charge is 0.433 e. The summed E-state index contributed by atoms with van der Waals surface area (Å²) in [5.41, 5.74) is -1.07. The molecule has 9 heteroatoms. The van der Waals surface area contributed by atoms with Crippen LogP contribution in [0.3, 0.4) is 0 Å². The van der Waals surface area contributed by atoms with Gasteiger partial charge in [-0.05, 0) is 23.8 Å². The number of benzene rings is 1. The molecule has 0 saturated heterocycles. The van der Waals surface area contributed by atoms with E-state index in [2.05, 4.69) is 4.98 Å². The van der Waals surface area contributed by atoms with Crippen LogP contribution in [0.15, 0.2) is 24.3 Å². The zero-order valence-electron chi connectivity index (χ0n) is 11.1. The average molecular weight is 385 g/mol. The van der Waals surface area contributed by atoms with Crippen LogP contribution < -0.4 is 0 Å². The third-order valence-corrected chi connectivity index (χ3v) is 4.07. The SMILES string of the molecule is O=C(O)Cc1ccc(C(F)(F)F)nc1-c1cc(Cl)c(Cl)c(Cl)c1. The standard InChI is InChI=1S/C14H7Cl3F3NO2/c15-8-3-7(4-9(16)12(8)17)13-6(5-11(22)23)1-2-10(21-13)14(18,19)20/h1-4H,5H2,(H,22,23). The predicted octanol–water partition coefficient (Wildman–Crippen LogP) is 5.35. The highest BCUT2D eigenvalue weighted by atomic mass is 35.5. The van der Waals surface area contributed by atoms with E-state index in [1.165, 1.54) is 12.1 Å². The lowest BCUT2D eigenvalue weighted by Gasteiger charge is -2.13. The molecule has 0 amide bonds. The van der Waals surface area contributed by atoms with Gasteiger partial charge in [-0.25, -0.2) is 4.98 Å². The van der Waals surface area contributed by atoms with E-state index < -0.39 is 24.3 Å². The monoisotopic (exact) mass is 383 g/mol. The van der Waals surface area contributed by atoms with Gasteiger partial charge >= 0.3 is 12.1 Å². The van der Waals surface area contributed by atoms with Crippen molar-refractivity contribution in [1.82, 2.24) is 4.98 Å². The number of nitrogens with zero attached hydrogens (tertiary/aromatic N) is 1. The minimum atomic E-state index is -4.67. The fourth-order valence-corrected chi connectivity index (χ4v) is 2.49. The first-order valence-corrected chi connectivity index (χ1v) is 7.17. The first kappa shape index (κ1) is 17.8. The molecule has 122 valence electrons. The van der Waals surface area contributed by atoms with E-state index in [0.717, 1.165) is 12.1 Å². The van der Waals surface area contributed by atoms with Crippen LogP contribution >= 0.6 is 34.8 Å². The average Bonchev–Trinajstić information content (AvgIpc) is 2.42. The summed E-state index contributed by atoms with van der Waals surface area (Å²) in [6, 6.07) is 4.35. The summed E-state index contributed by atoms with van der Waals surface area (Å²) in [6.07, 6.45) is -5.17. The molecule has 0 unspecified atom stereocenters. The Kier molecular flexibility index (Phi) is 5.08. The van der Waals surface area contributed by atoms with Crippen LogP contribution in [0.4, 0.5) is 13.2 Å². The molecule has 0 saturated carbocycles. The minimum absolute atomic E-state index is 0.0228. The Morgan fingerprint density at radius 3 is 2.17 bits per heavy atom. The molecule has 1 aromatic heterocycles. The van der Waals surface area contributed by atoms with Crippen molar-refractivity contribution >= 4 is 40.8 Å². The molecule has 0 bridgehead atoms. The number of alkyl halides is 3. The van der Waals surface area contributed by atoms with Crippen LogP contribution in [0.25, 0.3) is 11.3 Å². The molecular weight excluding hydrogens is 378 g/mol. The number of halogens is 6. The number of pyridine rings is 1. The van der Waals surface area contributed by atoms with Crippen molar-refractivity contribution in [2.75, 3.05) is 0 Å². The summed E-state index contributed by atoms with van der Waals surface area (Å²) in [6.45, 7) is 0. The van der Waals surface area contributed by atoms with Gasteiger partial charge in [-0.15, -0.1) is 0 Å². The maximum absolute atomic E-state index is 12.8. The predicted molar refractivity (Wildman–Crippen MR) is 81.0 cm³/mol. The first-order chi connectivity index (χ1) is 10.6. The topological polar surface area (TPSA) is 50.2 Å². The Labute approximate surface area is 143 Å². The number of carbonyl (C=O) groups is 1. The van der Waals surface area contributed by atoms with Crippen LogP contribution in [0.2, 0.25) is 15.1 Å². The summed E-state index contributed by atoms with van der Waals surface area (Å²) < 4.78 is 38.5. The normalized spacial score (nSPS) is 11.6. The van der Waals surface area contributed by atoms with Gasteiger partial charge in [0, 0.05) is 5.56 Å². The molecule has 1 aromatic carbocycles. The van der Waals surface area contributed by atoms with Gasteiger partial charge in [0.2, 0.25) is 0 Å². The van der Waals surface area contributed by atoms with Crippen molar-refractivity contribution in [3.05, 3.63) is 50.6 Å². The second kappa shape index (κ2) is 6.55. The third kappa shape index (κ3) is 4.07. The maximum atomic E-state index is 12.8. The van der Waals surface area contributed by atoms with Gasteiger partial charge in [-0.2, -0.15) is 13.2 Å². The van der Waals surface area contributed by atoms with Crippen molar-refractivity contribution < 1.29 is 23.1 Å². The van der Waals surface area contributed by atoms with Crippen LogP contribution in [0, 0.1) is 0 Å². The van der Waals surface area contributed by atoms with Gasteiger partial charge in [-0.3, -0.25) is 4.79 Å². The van der Waals surface area contributed by atoms with Crippen molar-refractivity contribution in [1.29, 1.82) is 0 Å². The molecule has 2 aromatic rings. The Hall–Kier alpha value is -1.50. The van der Waals surface area contributed by atoms with Crippen molar-refractivity contribution in [2.24, 2.45) is 0 Å². The van der Waals surface area contributed by atoms with Crippen LogP contribution in [0.5, 0.6) is 0 Å². The summed E-state index contributed by atoms with van der Waals surface area (Å²) in [5.74, 6) is -1.21. The number of carboxylic acid groups (broad SMARTS) is 1. The summed E-state index contributed by atoms with van der Waals surface area (Å²) in [4.78, 5) is 14.4. The van der Waals surface area contributed by atoms with E-state index in [0.29, 0.717) is 0 Å². The minimum Gasteiger partial charge on any atom is -0.481 e. The van der Waals surface area contributed by atoms with Crippen molar-refractivity contribution in [3.63, 3.8) is 0 Å². The third-order valence-electron chi connectivity index (χ3n) is 2.87. The van der Waals surface area contributed by atoms with Gasteiger partial charge in [0.15, 0.2) is 0 Å². The zero-order chi connectivity index (χ0) is 17.4. The molecule has 0 radical (unpaired) electrons. The highest BCUT2D eigenvalue weighted by Crippen LogP contribution is 2.37. The number of hydrogen-bond acceptors (Lipinski definition) is 2. The fourth-order valence-electron chi connectivity index (χ4n) is 1.89. The van der Waals surface area contributed by atoms with E-state index >= 15 is 0 Å². The van der Waals surface area contributed by atoms with Gasteiger partial charge in [-0.1, -0.05) is 40.9 Å². The Balaban J connectivity index is 2.68. The van der Waals surface area contributed by atoms with E-state index in [1.807, 2.05) is 0 Å². The highest BCUT2D eigenvalue weighted by Gasteiger charge is 2.33. The van der Waals surface area contributed by atoms with Gasteiger partial charge in [0.25, 0.3) is 0 Å². The van der Waals surface area contributed by atoms with Gasteiger partial charge in [0.05, 0.1) is 27.2 Å². The van der Waals surface area contributed by atoms with E-state index in [9.17, 15) is 18.0 Å². The summed E-state index contributed by atoms with van der Waals surface area (Å²) in [7, 11) is 0. The Morgan fingerprint density at radius 2 is 1.70 bits per heavy atom. The van der Waals surface area contributed by atoms with Gasteiger partial charge in [0.1, 0.15) is 5.69 Å². The molecule has 0 spiro atoms. The number of hydrogen-bond donors (Lipinski definition) is 1. The number of aromatic nitrogens is 1. The van der Waals surface area contributed by atoms with Gasteiger partial charge < -0.3 is 5.11 Å². The molecule has 0 fully saturated rings. The van der Waals surface area contributed by atoms with Crippen LogP contribution in [-0.2, 0) is 17.4 Å². The zero-order valence-corrected chi connectivity index (χ0v) is 13.4. The van der Waals surface area contributed by atoms with E-state index in [4.69, 9.17) is 39.9 Å².